The molecule has 0 saturated heterocycles. The van der Waals surface area contributed by atoms with Crippen LogP contribution in [0.15, 0.2) is 24.3 Å². The highest BCUT2D eigenvalue weighted by Crippen LogP contribution is 2.26. The highest BCUT2D eigenvalue weighted by atomic mass is 16.5. The molecule has 1 aliphatic carbocycles. The van der Waals surface area contributed by atoms with Crippen LogP contribution in [0.3, 0.4) is 0 Å². The molecule has 0 spiro atoms. The molecule has 0 heterocycles. The summed E-state index contributed by atoms with van der Waals surface area (Å²) in [4.78, 5) is 11.8. The van der Waals surface area contributed by atoms with Crippen molar-refractivity contribution >= 4 is 5.91 Å². The van der Waals surface area contributed by atoms with Crippen molar-refractivity contribution < 1.29 is 14.6 Å². The summed E-state index contributed by atoms with van der Waals surface area (Å²) in [6.45, 7) is 0.639. The zero-order valence-corrected chi connectivity index (χ0v) is 13.2. The summed E-state index contributed by atoms with van der Waals surface area (Å²) in [7, 11) is 0. The standard InChI is InChI=1S/C18H27NO3/c20-13-16-10-4-5-11-17(16)22-14-18(21)19-12-6-9-15-7-2-1-3-8-15/h4-5,10-11,15,20H,1-3,6-9,12-14H2,(H,19,21). The molecule has 0 atom stereocenters. The normalized spacial score (nSPS) is 15.5. The van der Waals surface area contributed by atoms with Crippen LogP contribution in [0.25, 0.3) is 0 Å². The molecule has 0 aliphatic heterocycles. The first-order chi connectivity index (χ1) is 10.8. The summed E-state index contributed by atoms with van der Waals surface area (Å²) in [5, 5.41) is 12.1. The summed E-state index contributed by atoms with van der Waals surface area (Å²) >= 11 is 0. The Balaban J connectivity index is 1.59. The minimum Gasteiger partial charge on any atom is -0.483 e. The molecule has 0 bridgehead atoms. The summed E-state index contributed by atoms with van der Waals surface area (Å²) in [5.41, 5.74) is 0.701. The third-order valence-electron chi connectivity index (χ3n) is 4.34. The van der Waals surface area contributed by atoms with Crippen LogP contribution in [-0.4, -0.2) is 24.2 Å². The topological polar surface area (TPSA) is 58.6 Å². The predicted octanol–water partition coefficient (Wildman–Crippen LogP) is 3.03. The van der Waals surface area contributed by atoms with Gasteiger partial charge in [-0.15, -0.1) is 0 Å². The van der Waals surface area contributed by atoms with E-state index in [0.29, 0.717) is 11.3 Å². The molecule has 4 nitrogen and oxygen atoms in total. The van der Waals surface area contributed by atoms with Gasteiger partial charge in [0.25, 0.3) is 5.91 Å². The van der Waals surface area contributed by atoms with E-state index >= 15 is 0 Å². The van der Waals surface area contributed by atoms with E-state index in [1.54, 1.807) is 12.1 Å². The second-order valence-electron chi connectivity index (χ2n) is 6.05. The lowest BCUT2D eigenvalue weighted by Crippen LogP contribution is -2.30. The Morgan fingerprint density at radius 2 is 2.00 bits per heavy atom. The largest absolute Gasteiger partial charge is 0.483 e. The quantitative estimate of drug-likeness (QED) is 0.726. The van der Waals surface area contributed by atoms with Gasteiger partial charge in [-0.1, -0.05) is 50.3 Å². The van der Waals surface area contributed by atoms with Gasteiger partial charge in [-0.05, 0) is 24.8 Å². The third-order valence-corrected chi connectivity index (χ3v) is 4.34. The number of hydrogen-bond acceptors (Lipinski definition) is 3. The number of carbonyl (C=O) groups excluding carboxylic acids is 1. The second-order valence-corrected chi connectivity index (χ2v) is 6.05. The van der Waals surface area contributed by atoms with Gasteiger partial charge < -0.3 is 15.2 Å². The van der Waals surface area contributed by atoms with Gasteiger partial charge in [-0.2, -0.15) is 0 Å². The van der Waals surface area contributed by atoms with Gasteiger partial charge in [0, 0.05) is 12.1 Å². The summed E-state index contributed by atoms with van der Waals surface area (Å²) in [6.07, 6.45) is 9.10. The van der Waals surface area contributed by atoms with Crippen LogP contribution in [0.4, 0.5) is 0 Å². The number of carbonyl (C=O) groups is 1. The van der Waals surface area contributed by atoms with Crippen molar-refractivity contribution in [2.45, 2.75) is 51.6 Å². The number of aliphatic hydroxyl groups is 1. The van der Waals surface area contributed by atoms with Crippen LogP contribution in [0.5, 0.6) is 5.75 Å². The first-order valence-corrected chi connectivity index (χ1v) is 8.38. The number of hydrogen-bond donors (Lipinski definition) is 2. The van der Waals surface area contributed by atoms with E-state index in [4.69, 9.17) is 4.74 Å². The van der Waals surface area contributed by atoms with Crippen molar-refractivity contribution in [2.24, 2.45) is 5.92 Å². The fraction of sp³-hybridized carbons (Fsp3) is 0.611. The number of ether oxygens (including phenoxy) is 1. The monoisotopic (exact) mass is 305 g/mol. The van der Waals surface area contributed by atoms with Gasteiger partial charge in [0.2, 0.25) is 0 Å². The van der Waals surface area contributed by atoms with Crippen LogP contribution in [0.2, 0.25) is 0 Å². The zero-order chi connectivity index (χ0) is 15.6. The van der Waals surface area contributed by atoms with Crippen molar-refractivity contribution in [3.05, 3.63) is 29.8 Å². The molecule has 4 heteroatoms. The summed E-state index contributed by atoms with van der Waals surface area (Å²) < 4.78 is 5.46. The van der Waals surface area contributed by atoms with Gasteiger partial charge in [0.05, 0.1) is 6.61 Å². The van der Waals surface area contributed by atoms with E-state index in [9.17, 15) is 9.90 Å². The van der Waals surface area contributed by atoms with Crippen molar-refractivity contribution in [3.8, 4) is 5.75 Å². The van der Waals surface area contributed by atoms with Crippen molar-refractivity contribution in [1.82, 2.24) is 5.32 Å². The maximum absolute atomic E-state index is 11.8. The first-order valence-electron chi connectivity index (χ1n) is 8.38. The lowest BCUT2D eigenvalue weighted by atomic mass is 9.86. The Morgan fingerprint density at radius 3 is 2.77 bits per heavy atom. The second kappa shape index (κ2) is 9.46. The molecule has 1 amide bonds. The zero-order valence-electron chi connectivity index (χ0n) is 13.2. The molecular formula is C18H27NO3. The Kier molecular flexibility index (Phi) is 7.23. The highest BCUT2D eigenvalue weighted by Gasteiger charge is 2.13. The predicted molar refractivity (Wildman–Crippen MR) is 86.7 cm³/mol. The molecular weight excluding hydrogens is 278 g/mol. The molecule has 22 heavy (non-hydrogen) atoms. The van der Waals surface area contributed by atoms with E-state index in [1.165, 1.54) is 38.5 Å². The van der Waals surface area contributed by atoms with E-state index < -0.39 is 0 Å². The Morgan fingerprint density at radius 1 is 1.23 bits per heavy atom. The van der Waals surface area contributed by atoms with Crippen molar-refractivity contribution in [1.29, 1.82) is 0 Å². The molecule has 1 aromatic carbocycles. The number of benzene rings is 1. The average Bonchev–Trinajstić information content (AvgIpc) is 2.58. The number of amides is 1. The third kappa shape index (κ3) is 5.68. The smallest absolute Gasteiger partial charge is 0.257 e. The fourth-order valence-electron chi connectivity index (χ4n) is 3.06. The molecule has 0 aromatic heterocycles. The van der Waals surface area contributed by atoms with E-state index in [-0.39, 0.29) is 19.1 Å². The number of para-hydroxylation sites is 1. The van der Waals surface area contributed by atoms with E-state index in [0.717, 1.165) is 18.9 Å². The van der Waals surface area contributed by atoms with Crippen LogP contribution in [-0.2, 0) is 11.4 Å². The van der Waals surface area contributed by atoms with Crippen LogP contribution < -0.4 is 10.1 Å². The fourth-order valence-corrected chi connectivity index (χ4v) is 3.06. The molecule has 1 aromatic rings. The molecule has 2 rings (SSSR count). The molecule has 1 saturated carbocycles. The molecule has 2 N–H and O–H groups in total. The van der Waals surface area contributed by atoms with Crippen LogP contribution in [0.1, 0.15) is 50.5 Å². The van der Waals surface area contributed by atoms with Gasteiger partial charge in [0.1, 0.15) is 5.75 Å². The number of nitrogens with one attached hydrogen (secondary N) is 1. The molecule has 1 aliphatic rings. The maximum Gasteiger partial charge on any atom is 0.257 e. The van der Waals surface area contributed by atoms with Crippen molar-refractivity contribution in [2.75, 3.05) is 13.2 Å². The Labute approximate surface area is 132 Å². The minimum absolute atomic E-state index is 0.000438. The number of rotatable bonds is 8. The SMILES string of the molecule is O=C(COc1ccccc1CO)NCCCC1CCCCC1. The maximum atomic E-state index is 11.8. The van der Waals surface area contributed by atoms with Crippen LogP contribution >= 0.6 is 0 Å². The lowest BCUT2D eigenvalue weighted by molar-refractivity contribution is -0.123. The Hall–Kier alpha value is -1.55. The molecule has 0 radical (unpaired) electrons. The van der Waals surface area contributed by atoms with Crippen LogP contribution in [0, 0.1) is 5.92 Å². The summed E-state index contributed by atoms with van der Waals surface area (Å²) in [6, 6.07) is 7.22. The number of aliphatic hydroxyl groups excluding tert-OH is 1. The highest BCUT2D eigenvalue weighted by molar-refractivity contribution is 5.77. The van der Waals surface area contributed by atoms with Gasteiger partial charge in [-0.25, -0.2) is 0 Å². The molecule has 122 valence electrons. The van der Waals surface area contributed by atoms with Gasteiger partial charge in [-0.3, -0.25) is 4.79 Å². The van der Waals surface area contributed by atoms with Gasteiger partial charge >= 0.3 is 0 Å². The Bertz CT molecular complexity index is 455. The first kappa shape index (κ1) is 16.8. The van der Waals surface area contributed by atoms with E-state index in [2.05, 4.69) is 5.32 Å². The van der Waals surface area contributed by atoms with Gasteiger partial charge in [0.15, 0.2) is 6.61 Å². The lowest BCUT2D eigenvalue weighted by Gasteiger charge is -2.21. The summed E-state index contributed by atoms with van der Waals surface area (Å²) in [5.74, 6) is 1.33. The van der Waals surface area contributed by atoms with E-state index in [1.807, 2.05) is 12.1 Å². The molecule has 0 unspecified atom stereocenters. The molecule has 1 fully saturated rings. The minimum atomic E-state index is -0.101. The average molecular weight is 305 g/mol. The van der Waals surface area contributed by atoms with Crippen molar-refractivity contribution in [3.63, 3.8) is 0 Å².